The number of β-lactam (4-membered cyclic amide) rings is 1. The van der Waals surface area contributed by atoms with Gasteiger partial charge in [-0.25, -0.2) is 4.79 Å². The number of hydrogen-bond donors (Lipinski definition) is 2. The molecule has 0 aromatic rings. The van der Waals surface area contributed by atoms with Crippen molar-refractivity contribution < 1.29 is 34.2 Å². The van der Waals surface area contributed by atoms with Gasteiger partial charge in [0, 0.05) is 31.6 Å². The molecule has 0 spiro atoms. The van der Waals surface area contributed by atoms with E-state index in [4.69, 9.17) is 10.2 Å². The number of amides is 3. The van der Waals surface area contributed by atoms with Gasteiger partial charge in [-0.15, -0.1) is 11.8 Å². The zero-order chi connectivity index (χ0) is 17.9. The van der Waals surface area contributed by atoms with E-state index < -0.39 is 36.2 Å². The van der Waals surface area contributed by atoms with E-state index in [1.807, 2.05) is 16.7 Å². The fraction of sp³-hybridized carbons (Fsp3) is 0.643. The number of rotatable bonds is 5. The first-order valence-corrected chi connectivity index (χ1v) is 8.56. The summed E-state index contributed by atoms with van der Waals surface area (Å²) in [6, 6.07) is -1.36. The van der Waals surface area contributed by atoms with Crippen LogP contribution >= 0.6 is 11.8 Å². The number of hydrogen-bond acceptors (Lipinski definition) is 6. The highest BCUT2D eigenvalue weighted by molar-refractivity contribution is 8.00. The van der Waals surface area contributed by atoms with Gasteiger partial charge < -0.3 is 15.1 Å². The number of carboxylic acid groups (broad SMARTS) is 2. The summed E-state index contributed by atoms with van der Waals surface area (Å²) in [5.74, 6) is -2.13. The number of nitrogens with zero attached hydrogens (tertiary/aromatic N) is 2. The molecule has 0 aromatic carbocycles. The lowest BCUT2D eigenvalue weighted by molar-refractivity contribution is -0.155. The van der Waals surface area contributed by atoms with Gasteiger partial charge in [0.05, 0.1) is 11.8 Å². The molecular weight excluding hydrogens is 340 g/mol. The third kappa shape index (κ3) is 4.05. The lowest BCUT2D eigenvalue weighted by Crippen LogP contribution is -2.46. The highest BCUT2D eigenvalue weighted by Gasteiger charge is 2.40. The van der Waals surface area contributed by atoms with Crippen LogP contribution in [0.1, 0.15) is 32.1 Å². The summed E-state index contributed by atoms with van der Waals surface area (Å²) in [5.41, 5.74) is 0. The summed E-state index contributed by atoms with van der Waals surface area (Å²) in [6.07, 6.45) is 0.131. The highest BCUT2D eigenvalue weighted by atomic mass is 32.2. The second-order valence-electron chi connectivity index (χ2n) is 5.56. The van der Waals surface area contributed by atoms with E-state index in [1.54, 1.807) is 0 Å². The average molecular weight is 358 g/mol. The lowest BCUT2D eigenvalue weighted by atomic mass is 10.1. The molecule has 10 heteroatoms. The van der Waals surface area contributed by atoms with E-state index in [9.17, 15) is 24.0 Å². The van der Waals surface area contributed by atoms with Gasteiger partial charge in [-0.2, -0.15) is 0 Å². The molecule has 3 heterocycles. The van der Waals surface area contributed by atoms with Crippen LogP contribution in [0, 0.1) is 0 Å². The molecule has 2 atom stereocenters. The first-order valence-electron chi connectivity index (χ1n) is 7.52. The van der Waals surface area contributed by atoms with Crippen molar-refractivity contribution in [3.63, 3.8) is 0 Å². The molecule has 0 aromatic heterocycles. The molecular formula is C14H18N2O7S. The smallest absolute Gasteiger partial charge is 0.326 e. The molecule has 3 aliphatic heterocycles. The Labute approximate surface area is 142 Å². The van der Waals surface area contributed by atoms with Crippen LogP contribution in [0.3, 0.4) is 0 Å². The van der Waals surface area contributed by atoms with Gasteiger partial charge in [0.15, 0.2) is 0 Å². The molecule has 3 amide bonds. The summed E-state index contributed by atoms with van der Waals surface area (Å²) in [7, 11) is 0. The maximum atomic E-state index is 11.3. The molecule has 0 bridgehead atoms. The molecule has 1 unspecified atom stereocenters. The van der Waals surface area contributed by atoms with Crippen molar-refractivity contribution in [3.05, 3.63) is 0 Å². The number of carbonyl (C=O) groups is 5. The van der Waals surface area contributed by atoms with Crippen LogP contribution in [0.5, 0.6) is 0 Å². The minimum absolute atomic E-state index is 0.00428. The van der Waals surface area contributed by atoms with E-state index in [0.29, 0.717) is 16.2 Å². The Kier molecular flexibility index (Phi) is 5.81. The maximum Gasteiger partial charge on any atom is 0.326 e. The number of carbonyl (C=O) groups excluding carboxylic acids is 3. The van der Waals surface area contributed by atoms with Crippen LogP contribution in [0.4, 0.5) is 0 Å². The van der Waals surface area contributed by atoms with Gasteiger partial charge in [0.25, 0.3) is 0 Å². The van der Waals surface area contributed by atoms with Crippen LogP contribution in [0.15, 0.2) is 0 Å². The molecule has 3 rings (SSSR count). The Bertz CT molecular complexity index is 563. The first-order chi connectivity index (χ1) is 11.3. The van der Waals surface area contributed by atoms with Gasteiger partial charge >= 0.3 is 11.9 Å². The quantitative estimate of drug-likeness (QED) is 0.508. The van der Waals surface area contributed by atoms with Crippen molar-refractivity contribution in [3.8, 4) is 0 Å². The van der Waals surface area contributed by atoms with Crippen LogP contribution in [-0.4, -0.2) is 73.4 Å². The molecule has 0 aliphatic carbocycles. The second kappa shape index (κ2) is 7.65. The first kappa shape index (κ1) is 18.2. The summed E-state index contributed by atoms with van der Waals surface area (Å²) in [6.45, 7) is 0.994. The van der Waals surface area contributed by atoms with Crippen molar-refractivity contribution in [1.82, 2.24) is 9.80 Å². The molecule has 24 heavy (non-hydrogen) atoms. The number of thioether (sulfide) groups is 1. The maximum absolute atomic E-state index is 11.3. The van der Waals surface area contributed by atoms with E-state index in [1.165, 1.54) is 0 Å². The van der Waals surface area contributed by atoms with Gasteiger partial charge in [-0.1, -0.05) is 0 Å². The molecule has 0 saturated carbocycles. The van der Waals surface area contributed by atoms with Crippen molar-refractivity contribution >= 4 is 41.4 Å². The van der Waals surface area contributed by atoms with Gasteiger partial charge in [0.1, 0.15) is 6.04 Å². The third-order valence-corrected chi connectivity index (χ3v) is 5.20. The van der Waals surface area contributed by atoms with Crippen LogP contribution in [0.25, 0.3) is 0 Å². The summed E-state index contributed by atoms with van der Waals surface area (Å²) in [4.78, 5) is 56.9. The second-order valence-corrected chi connectivity index (χ2v) is 6.85. The van der Waals surface area contributed by atoms with E-state index >= 15 is 0 Å². The summed E-state index contributed by atoms with van der Waals surface area (Å²) in [5, 5.41) is 17.9. The summed E-state index contributed by atoms with van der Waals surface area (Å²) < 4.78 is 0. The van der Waals surface area contributed by atoms with Crippen LogP contribution in [0.2, 0.25) is 0 Å². The Morgan fingerprint density at radius 1 is 1.12 bits per heavy atom. The van der Waals surface area contributed by atoms with Gasteiger partial charge in [0.2, 0.25) is 17.7 Å². The largest absolute Gasteiger partial charge is 0.481 e. The van der Waals surface area contributed by atoms with Crippen LogP contribution < -0.4 is 0 Å². The fourth-order valence-corrected chi connectivity index (χ4v) is 3.93. The Balaban J connectivity index is 0.000000214. The highest BCUT2D eigenvalue weighted by Crippen LogP contribution is 2.34. The lowest BCUT2D eigenvalue weighted by Gasteiger charge is -2.32. The number of likely N-dealkylation sites (tertiary alicyclic amines) is 1. The normalized spacial score (nSPS) is 23.3. The predicted molar refractivity (Wildman–Crippen MR) is 82.0 cm³/mol. The topological polar surface area (TPSA) is 132 Å². The Hall–Kier alpha value is -2.10. The number of fused-ring (bicyclic) bond motifs is 1. The standard InChI is InChI=1S/C9H11NO6.C5H7NOS/c11-6-2-3-7(12)10(6)5(9(15)16)1-4-8(13)14;7-4-3-5-6(4)1-2-8-5/h5H,1-4H2,(H,13,14)(H,15,16);5H,1-3H2/t;5-/m.1/s1. The van der Waals surface area contributed by atoms with Crippen molar-refractivity contribution in [2.24, 2.45) is 0 Å². The molecule has 3 saturated heterocycles. The molecule has 2 N–H and O–H groups in total. The zero-order valence-electron chi connectivity index (χ0n) is 12.8. The molecule has 3 aliphatic rings. The summed E-state index contributed by atoms with van der Waals surface area (Å²) >= 11 is 1.90. The minimum Gasteiger partial charge on any atom is -0.481 e. The molecule has 132 valence electrons. The fourth-order valence-electron chi connectivity index (χ4n) is 2.69. The van der Waals surface area contributed by atoms with Crippen molar-refractivity contribution in [1.29, 1.82) is 0 Å². The van der Waals surface area contributed by atoms with Crippen molar-refractivity contribution in [2.45, 2.75) is 43.5 Å². The molecule has 9 nitrogen and oxygen atoms in total. The van der Waals surface area contributed by atoms with E-state index in [0.717, 1.165) is 18.7 Å². The predicted octanol–water partition coefficient (Wildman–Crippen LogP) is -0.255. The van der Waals surface area contributed by atoms with E-state index in [2.05, 4.69) is 0 Å². The van der Waals surface area contributed by atoms with Crippen LogP contribution in [-0.2, 0) is 24.0 Å². The number of imide groups is 1. The number of carboxylic acids is 2. The third-order valence-electron chi connectivity index (χ3n) is 3.98. The van der Waals surface area contributed by atoms with E-state index in [-0.39, 0.29) is 19.3 Å². The molecule has 0 radical (unpaired) electrons. The van der Waals surface area contributed by atoms with Gasteiger partial charge in [-0.05, 0) is 6.42 Å². The number of aliphatic carboxylic acids is 2. The minimum atomic E-state index is -1.36. The Morgan fingerprint density at radius 2 is 1.75 bits per heavy atom. The zero-order valence-corrected chi connectivity index (χ0v) is 13.7. The van der Waals surface area contributed by atoms with Gasteiger partial charge in [-0.3, -0.25) is 24.1 Å². The van der Waals surface area contributed by atoms with Crippen molar-refractivity contribution in [2.75, 3.05) is 12.3 Å². The SMILES string of the molecule is O=C(O)CCC(C(=O)O)N1C(=O)CCC1=O.O=C1C[C@H]2SCCN12. The monoisotopic (exact) mass is 358 g/mol. The molecule has 3 fully saturated rings. The Morgan fingerprint density at radius 3 is 2.17 bits per heavy atom. The average Bonchev–Trinajstić information content (AvgIpc) is 3.03.